The van der Waals surface area contributed by atoms with Crippen LogP contribution in [-0.4, -0.2) is 27.1 Å². The Hall–Kier alpha value is -3.17. The van der Waals surface area contributed by atoms with Crippen LogP contribution in [-0.2, 0) is 10.0 Å². The van der Waals surface area contributed by atoms with Crippen LogP contribution >= 0.6 is 15.9 Å². The van der Waals surface area contributed by atoms with E-state index in [1.54, 1.807) is 12.1 Å². The lowest BCUT2D eigenvalue weighted by Crippen LogP contribution is -2.18. The van der Waals surface area contributed by atoms with E-state index >= 15 is 0 Å². The van der Waals surface area contributed by atoms with E-state index in [2.05, 4.69) is 31.2 Å². The van der Waals surface area contributed by atoms with Gasteiger partial charge in [-0.15, -0.1) is 0 Å². The molecule has 9 heteroatoms. The molecule has 0 aromatic heterocycles. The molecule has 31 heavy (non-hydrogen) atoms. The Labute approximate surface area is 189 Å². The third-order valence-corrected chi connectivity index (χ3v) is 6.24. The molecule has 0 aliphatic heterocycles. The van der Waals surface area contributed by atoms with Gasteiger partial charge in [0.2, 0.25) is 0 Å². The van der Waals surface area contributed by atoms with Crippen LogP contribution in [0, 0.1) is 0 Å². The maximum atomic E-state index is 12.5. The fourth-order valence-corrected chi connectivity index (χ4v) is 4.04. The van der Waals surface area contributed by atoms with Crippen molar-refractivity contribution in [2.45, 2.75) is 11.8 Å². The minimum atomic E-state index is -3.76. The summed E-state index contributed by atoms with van der Waals surface area (Å²) in [4.78, 5) is 12.3. The molecule has 0 heterocycles. The molecule has 2 N–H and O–H groups in total. The normalized spacial score (nSPS) is 11.3. The van der Waals surface area contributed by atoms with Gasteiger partial charge in [0.25, 0.3) is 15.9 Å². The Morgan fingerprint density at radius 1 is 1.03 bits per heavy atom. The van der Waals surface area contributed by atoms with Gasteiger partial charge in [0.15, 0.2) is 0 Å². The van der Waals surface area contributed by atoms with Gasteiger partial charge >= 0.3 is 0 Å². The van der Waals surface area contributed by atoms with Crippen LogP contribution in [0.15, 0.2) is 87.3 Å². The number of nitrogens with one attached hydrogen (secondary N) is 2. The predicted octanol–water partition coefficient (Wildman–Crippen LogP) is 4.41. The van der Waals surface area contributed by atoms with Crippen molar-refractivity contribution in [2.24, 2.45) is 5.10 Å². The second-order valence-electron chi connectivity index (χ2n) is 6.31. The lowest BCUT2D eigenvalue weighted by Gasteiger charge is -2.09. The van der Waals surface area contributed by atoms with E-state index in [1.807, 2.05) is 31.2 Å². The number of hydrogen-bond donors (Lipinski definition) is 2. The molecule has 1 amide bonds. The number of carbonyl (C=O) groups is 1. The average Bonchev–Trinajstić information content (AvgIpc) is 2.76. The predicted molar refractivity (Wildman–Crippen MR) is 124 cm³/mol. The van der Waals surface area contributed by atoms with Gasteiger partial charge in [-0.1, -0.05) is 34.1 Å². The van der Waals surface area contributed by atoms with E-state index in [-0.39, 0.29) is 4.90 Å². The first-order valence-electron chi connectivity index (χ1n) is 9.33. The molecule has 3 rings (SSSR count). The number of rotatable bonds is 8. The standard InChI is InChI=1S/C22H20BrN3O4S/c1-2-30-19-11-13-20(14-12-19)31(28,29)26-18-9-7-16(8-10-18)22(27)25-24-15-17-5-3-4-6-21(17)23/h3-15,26H,2H2,1H3,(H,25,27). The molecular formula is C22H20BrN3O4S. The van der Waals surface area contributed by atoms with Crippen LogP contribution in [0.4, 0.5) is 5.69 Å². The molecule has 0 aliphatic carbocycles. The summed E-state index contributed by atoms with van der Waals surface area (Å²) in [6.07, 6.45) is 1.53. The molecule has 0 saturated carbocycles. The minimum Gasteiger partial charge on any atom is -0.494 e. The second kappa shape index (κ2) is 10.2. The third-order valence-electron chi connectivity index (χ3n) is 4.12. The fourth-order valence-electron chi connectivity index (χ4n) is 2.59. The molecule has 160 valence electrons. The van der Waals surface area contributed by atoms with Crippen LogP contribution in [0.25, 0.3) is 0 Å². The largest absolute Gasteiger partial charge is 0.494 e. The lowest BCUT2D eigenvalue weighted by molar-refractivity contribution is 0.0955. The molecule has 0 fully saturated rings. The van der Waals surface area contributed by atoms with Gasteiger partial charge in [0.05, 0.1) is 17.7 Å². The molecule has 3 aromatic carbocycles. The molecule has 7 nitrogen and oxygen atoms in total. The van der Waals surface area contributed by atoms with Crippen LogP contribution in [0.1, 0.15) is 22.8 Å². The maximum absolute atomic E-state index is 12.5. The van der Waals surface area contributed by atoms with E-state index in [1.165, 1.54) is 42.6 Å². The van der Waals surface area contributed by atoms with E-state index in [9.17, 15) is 13.2 Å². The summed E-state index contributed by atoms with van der Waals surface area (Å²) in [7, 11) is -3.76. The summed E-state index contributed by atoms with van der Waals surface area (Å²) in [6.45, 7) is 2.35. The number of ether oxygens (including phenoxy) is 1. The highest BCUT2D eigenvalue weighted by atomic mass is 79.9. The first kappa shape index (κ1) is 22.5. The van der Waals surface area contributed by atoms with Gasteiger partial charge in [-0.2, -0.15) is 5.10 Å². The first-order chi connectivity index (χ1) is 14.9. The van der Waals surface area contributed by atoms with Gasteiger partial charge in [-0.25, -0.2) is 13.8 Å². The summed E-state index contributed by atoms with van der Waals surface area (Å²) in [5, 5.41) is 3.94. The van der Waals surface area contributed by atoms with Crippen molar-refractivity contribution >= 4 is 43.8 Å². The number of halogens is 1. The lowest BCUT2D eigenvalue weighted by atomic mass is 10.2. The topological polar surface area (TPSA) is 96.9 Å². The van der Waals surface area contributed by atoms with E-state index in [0.717, 1.165) is 10.0 Å². The summed E-state index contributed by atoms with van der Waals surface area (Å²) in [5.41, 5.74) is 3.94. The Morgan fingerprint density at radius 3 is 2.35 bits per heavy atom. The average molecular weight is 502 g/mol. The number of amides is 1. The minimum absolute atomic E-state index is 0.110. The highest BCUT2D eigenvalue weighted by Gasteiger charge is 2.14. The zero-order valence-corrected chi connectivity index (χ0v) is 19.0. The van der Waals surface area contributed by atoms with Gasteiger partial charge < -0.3 is 4.74 Å². The summed E-state index contributed by atoms with van der Waals surface area (Å²) >= 11 is 3.40. The fraction of sp³-hybridized carbons (Fsp3) is 0.0909. The number of benzene rings is 3. The van der Waals surface area contributed by atoms with Gasteiger partial charge in [0.1, 0.15) is 5.75 Å². The molecule has 0 spiro atoms. The van der Waals surface area contributed by atoms with Crippen molar-refractivity contribution in [3.8, 4) is 5.75 Å². The number of nitrogens with zero attached hydrogens (tertiary/aromatic N) is 1. The molecule has 3 aromatic rings. The summed E-state index contributed by atoms with van der Waals surface area (Å²) in [5.74, 6) is 0.184. The van der Waals surface area contributed by atoms with E-state index in [4.69, 9.17) is 4.74 Å². The van der Waals surface area contributed by atoms with Crippen molar-refractivity contribution < 1.29 is 17.9 Å². The smallest absolute Gasteiger partial charge is 0.271 e. The number of sulfonamides is 1. The van der Waals surface area contributed by atoms with Crippen LogP contribution in [0.3, 0.4) is 0 Å². The van der Waals surface area contributed by atoms with Gasteiger partial charge in [0, 0.05) is 21.3 Å². The molecule has 0 atom stereocenters. The Bertz CT molecular complexity index is 1180. The molecule has 0 radical (unpaired) electrons. The number of hydrazone groups is 1. The number of anilines is 1. The molecule has 0 bridgehead atoms. The van der Waals surface area contributed by atoms with Crippen LogP contribution in [0.5, 0.6) is 5.75 Å². The highest BCUT2D eigenvalue weighted by molar-refractivity contribution is 9.10. The Kier molecular flexibility index (Phi) is 7.43. The SMILES string of the molecule is CCOc1ccc(S(=O)(=O)Nc2ccc(C(=O)NN=Cc3ccccc3Br)cc2)cc1. The quantitative estimate of drug-likeness (QED) is 0.352. The van der Waals surface area contributed by atoms with Crippen molar-refractivity contribution in [1.82, 2.24) is 5.43 Å². The van der Waals surface area contributed by atoms with Crippen LogP contribution < -0.4 is 14.9 Å². The molecular weight excluding hydrogens is 482 g/mol. The molecule has 0 aliphatic rings. The monoisotopic (exact) mass is 501 g/mol. The Balaban J connectivity index is 1.62. The van der Waals surface area contributed by atoms with Crippen LogP contribution in [0.2, 0.25) is 0 Å². The molecule has 0 saturated heterocycles. The highest BCUT2D eigenvalue weighted by Crippen LogP contribution is 2.20. The first-order valence-corrected chi connectivity index (χ1v) is 11.6. The summed E-state index contributed by atoms with van der Waals surface area (Å²) in [6, 6.07) is 19.7. The number of hydrogen-bond acceptors (Lipinski definition) is 5. The van der Waals surface area contributed by atoms with Crippen molar-refractivity contribution in [2.75, 3.05) is 11.3 Å². The summed E-state index contributed by atoms with van der Waals surface area (Å²) < 4.78 is 33.7. The zero-order chi connectivity index (χ0) is 22.3. The van der Waals surface area contributed by atoms with Gasteiger partial charge in [-0.3, -0.25) is 9.52 Å². The van der Waals surface area contributed by atoms with E-state index in [0.29, 0.717) is 23.6 Å². The Morgan fingerprint density at radius 2 is 1.71 bits per heavy atom. The number of carbonyl (C=O) groups excluding carboxylic acids is 1. The molecule has 0 unspecified atom stereocenters. The van der Waals surface area contributed by atoms with E-state index < -0.39 is 15.9 Å². The van der Waals surface area contributed by atoms with Crippen molar-refractivity contribution in [1.29, 1.82) is 0 Å². The third kappa shape index (κ3) is 6.16. The van der Waals surface area contributed by atoms with Gasteiger partial charge in [-0.05, 0) is 61.5 Å². The zero-order valence-electron chi connectivity index (χ0n) is 16.6. The maximum Gasteiger partial charge on any atom is 0.271 e. The van der Waals surface area contributed by atoms with Crippen molar-refractivity contribution in [3.63, 3.8) is 0 Å². The van der Waals surface area contributed by atoms with Crippen molar-refractivity contribution in [3.05, 3.63) is 88.4 Å². The second-order valence-corrected chi connectivity index (χ2v) is 8.84.